The molecule has 0 spiro atoms. The molecule has 1 unspecified atom stereocenters. The van der Waals surface area contributed by atoms with Gasteiger partial charge in [0.2, 0.25) is 0 Å². The molecule has 4 heteroatoms. The second-order valence-corrected chi connectivity index (χ2v) is 6.48. The predicted octanol–water partition coefficient (Wildman–Crippen LogP) is 4.55. The molecule has 0 aliphatic carbocycles. The smallest absolute Gasteiger partial charge is 0.142 e. The van der Waals surface area contributed by atoms with E-state index in [1.165, 1.54) is 5.56 Å². The number of piperidine rings is 1. The van der Waals surface area contributed by atoms with Gasteiger partial charge >= 0.3 is 0 Å². The Morgan fingerprint density at radius 3 is 2.55 bits per heavy atom. The second-order valence-electron chi connectivity index (χ2n) is 5.66. The number of hydrogen-bond donors (Lipinski definition) is 0. The molecule has 0 N–H and O–H groups in total. The van der Waals surface area contributed by atoms with Gasteiger partial charge < -0.3 is 0 Å². The Morgan fingerprint density at radius 1 is 1.05 bits per heavy atom. The number of Topliss-reactive ketones (excluding diaryl/α,β-unsaturated/α-hetero) is 1. The summed E-state index contributed by atoms with van der Waals surface area (Å²) in [4.78, 5) is 14.6. The molecular weight excluding hydrogens is 317 g/mol. The molecule has 2 aromatic rings. The maximum atomic E-state index is 12.3. The van der Waals surface area contributed by atoms with E-state index in [2.05, 4.69) is 17.0 Å². The zero-order valence-corrected chi connectivity index (χ0v) is 13.6. The molecule has 1 fully saturated rings. The maximum Gasteiger partial charge on any atom is 0.142 e. The summed E-state index contributed by atoms with van der Waals surface area (Å²) in [6, 6.07) is 15.8. The van der Waals surface area contributed by atoms with Crippen molar-refractivity contribution in [1.29, 1.82) is 0 Å². The second kappa shape index (κ2) is 6.82. The molecule has 22 heavy (non-hydrogen) atoms. The molecule has 0 saturated carbocycles. The average molecular weight is 334 g/mol. The molecule has 1 heterocycles. The number of carbonyl (C=O) groups excluding carboxylic acids is 1. The fourth-order valence-corrected chi connectivity index (χ4v) is 3.21. The molecule has 1 aliphatic rings. The van der Waals surface area contributed by atoms with Crippen molar-refractivity contribution in [1.82, 2.24) is 4.90 Å². The first kappa shape index (κ1) is 15.5. The fourth-order valence-electron chi connectivity index (χ4n) is 2.90. The quantitative estimate of drug-likeness (QED) is 0.821. The van der Waals surface area contributed by atoms with Crippen molar-refractivity contribution in [2.24, 2.45) is 0 Å². The molecular formula is C18H17Cl2NO. The van der Waals surface area contributed by atoms with Gasteiger partial charge in [-0.3, -0.25) is 9.69 Å². The number of benzene rings is 2. The molecule has 0 radical (unpaired) electrons. The Bertz CT molecular complexity index is 672. The van der Waals surface area contributed by atoms with Crippen LogP contribution in [0.3, 0.4) is 0 Å². The third kappa shape index (κ3) is 3.52. The molecule has 0 bridgehead atoms. The van der Waals surface area contributed by atoms with Gasteiger partial charge in [0.15, 0.2) is 0 Å². The Balaban J connectivity index is 1.76. The monoisotopic (exact) mass is 333 g/mol. The standard InChI is InChI=1S/C18H17Cl2NO/c19-16-7-6-14(10-17(16)20)15-12-21(9-8-18(15)22)11-13-4-2-1-3-5-13/h1-7,10,15H,8-9,11-12H2. The highest BCUT2D eigenvalue weighted by molar-refractivity contribution is 6.42. The van der Waals surface area contributed by atoms with Crippen LogP contribution in [0.15, 0.2) is 48.5 Å². The van der Waals surface area contributed by atoms with Gasteiger partial charge in [-0.15, -0.1) is 0 Å². The number of rotatable bonds is 3. The highest BCUT2D eigenvalue weighted by atomic mass is 35.5. The van der Waals surface area contributed by atoms with Gasteiger partial charge in [-0.05, 0) is 23.3 Å². The molecule has 0 amide bonds. The van der Waals surface area contributed by atoms with E-state index in [-0.39, 0.29) is 11.7 Å². The lowest BCUT2D eigenvalue weighted by molar-refractivity contribution is -0.123. The van der Waals surface area contributed by atoms with Gasteiger partial charge in [-0.25, -0.2) is 0 Å². The van der Waals surface area contributed by atoms with Crippen LogP contribution in [0, 0.1) is 0 Å². The Morgan fingerprint density at radius 2 is 1.82 bits per heavy atom. The topological polar surface area (TPSA) is 20.3 Å². The van der Waals surface area contributed by atoms with Crippen LogP contribution >= 0.6 is 23.2 Å². The van der Waals surface area contributed by atoms with Crippen molar-refractivity contribution >= 4 is 29.0 Å². The zero-order valence-electron chi connectivity index (χ0n) is 12.1. The van der Waals surface area contributed by atoms with Gasteiger partial charge in [0.05, 0.1) is 16.0 Å². The molecule has 1 aliphatic heterocycles. The highest BCUT2D eigenvalue weighted by Crippen LogP contribution is 2.30. The summed E-state index contributed by atoms with van der Waals surface area (Å²) in [6.45, 7) is 2.41. The molecule has 1 saturated heterocycles. The number of likely N-dealkylation sites (tertiary alicyclic amines) is 1. The Kier molecular flexibility index (Phi) is 4.82. The van der Waals surface area contributed by atoms with E-state index in [1.54, 1.807) is 6.07 Å². The van der Waals surface area contributed by atoms with E-state index in [0.717, 1.165) is 25.2 Å². The largest absolute Gasteiger partial charge is 0.299 e. The number of halogens is 2. The minimum atomic E-state index is -0.118. The summed E-state index contributed by atoms with van der Waals surface area (Å²) in [5.74, 6) is 0.162. The van der Waals surface area contributed by atoms with E-state index in [9.17, 15) is 4.79 Å². The van der Waals surface area contributed by atoms with Crippen LogP contribution in [0.2, 0.25) is 10.0 Å². The minimum Gasteiger partial charge on any atom is -0.299 e. The summed E-state index contributed by atoms with van der Waals surface area (Å²) in [5.41, 5.74) is 2.22. The van der Waals surface area contributed by atoms with E-state index in [0.29, 0.717) is 16.5 Å². The van der Waals surface area contributed by atoms with Crippen molar-refractivity contribution in [3.05, 3.63) is 69.7 Å². The van der Waals surface area contributed by atoms with Gasteiger partial charge in [-0.2, -0.15) is 0 Å². The first-order valence-corrected chi connectivity index (χ1v) is 8.13. The Labute approximate surface area is 140 Å². The fraction of sp³-hybridized carbons (Fsp3) is 0.278. The number of nitrogens with zero attached hydrogens (tertiary/aromatic N) is 1. The van der Waals surface area contributed by atoms with Gasteiger partial charge in [0.25, 0.3) is 0 Å². The molecule has 2 aromatic carbocycles. The van der Waals surface area contributed by atoms with Gasteiger partial charge in [0.1, 0.15) is 5.78 Å². The lowest BCUT2D eigenvalue weighted by Gasteiger charge is -2.32. The average Bonchev–Trinajstić information content (AvgIpc) is 2.53. The zero-order chi connectivity index (χ0) is 15.5. The van der Waals surface area contributed by atoms with Crippen LogP contribution in [0.4, 0.5) is 0 Å². The van der Waals surface area contributed by atoms with E-state index >= 15 is 0 Å². The summed E-state index contributed by atoms with van der Waals surface area (Å²) in [6.07, 6.45) is 0.581. The summed E-state index contributed by atoms with van der Waals surface area (Å²) >= 11 is 12.1. The van der Waals surface area contributed by atoms with Gasteiger partial charge in [-0.1, -0.05) is 59.6 Å². The van der Waals surface area contributed by atoms with E-state index < -0.39 is 0 Å². The number of hydrogen-bond acceptors (Lipinski definition) is 2. The molecule has 3 rings (SSSR count). The molecule has 114 valence electrons. The van der Waals surface area contributed by atoms with E-state index in [1.807, 2.05) is 30.3 Å². The normalized spacial score (nSPS) is 19.4. The summed E-state index contributed by atoms with van der Waals surface area (Å²) in [7, 11) is 0. The van der Waals surface area contributed by atoms with Crippen LogP contribution in [0.5, 0.6) is 0 Å². The van der Waals surface area contributed by atoms with E-state index in [4.69, 9.17) is 23.2 Å². The van der Waals surface area contributed by atoms with Crippen molar-refractivity contribution in [2.75, 3.05) is 13.1 Å². The molecule has 1 atom stereocenters. The maximum absolute atomic E-state index is 12.3. The minimum absolute atomic E-state index is 0.118. The third-order valence-electron chi connectivity index (χ3n) is 4.10. The highest BCUT2D eigenvalue weighted by Gasteiger charge is 2.28. The lowest BCUT2D eigenvalue weighted by Crippen LogP contribution is -2.39. The molecule has 2 nitrogen and oxygen atoms in total. The van der Waals surface area contributed by atoms with Gasteiger partial charge in [0, 0.05) is 26.1 Å². The van der Waals surface area contributed by atoms with Crippen molar-refractivity contribution in [3.63, 3.8) is 0 Å². The lowest BCUT2D eigenvalue weighted by atomic mass is 9.89. The first-order valence-electron chi connectivity index (χ1n) is 7.37. The Hall–Kier alpha value is -1.35. The van der Waals surface area contributed by atoms with Crippen LogP contribution in [-0.2, 0) is 11.3 Å². The van der Waals surface area contributed by atoms with Crippen LogP contribution < -0.4 is 0 Å². The summed E-state index contributed by atoms with van der Waals surface area (Å²) in [5, 5.41) is 1.03. The third-order valence-corrected chi connectivity index (χ3v) is 4.84. The molecule has 0 aromatic heterocycles. The van der Waals surface area contributed by atoms with Crippen molar-refractivity contribution in [3.8, 4) is 0 Å². The SMILES string of the molecule is O=C1CCN(Cc2ccccc2)CC1c1ccc(Cl)c(Cl)c1. The van der Waals surface area contributed by atoms with Crippen LogP contribution in [0.25, 0.3) is 0 Å². The van der Waals surface area contributed by atoms with Crippen molar-refractivity contribution < 1.29 is 4.79 Å². The summed E-state index contributed by atoms with van der Waals surface area (Å²) < 4.78 is 0. The van der Waals surface area contributed by atoms with Crippen LogP contribution in [0.1, 0.15) is 23.5 Å². The predicted molar refractivity (Wildman–Crippen MR) is 90.5 cm³/mol. The number of carbonyl (C=O) groups is 1. The van der Waals surface area contributed by atoms with Crippen molar-refractivity contribution in [2.45, 2.75) is 18.9 Å². The van der Waals surface area contributed by atoms with Crippen LogP contribution in [-0.4, -0.2) is 23.8 Å². The first-order chi connectivity index (χ1) is 10.6. The number of ketones is 1.